The number of rotatable bonds is 6. The van der Waals surface area contributed by atoms with Crippen LogP contribution in [-0.4, -0.2) is 67.1 Å². The fraction of sp³-hybridized carbons (Fsp3) is 0.412. The summed E-state index contributed by atoms with van der Waals surface area (Å²) in [4.78, 5) is 14.5. The van der Waals surface area contributed by atoms with Gasteiger partial charge in [0, 0.05) is 32.4 Å². The fourth-order valence-electron chi connectivity index (χ4n) is 2.57. The first kappa shape index (κ1) is 16.5. The second kappa shape index (κ2) is 7.94. The van der Waals surface area contributed by atoms with Crippen LogP contribution in [0.25, 0.3) is 5.69 Å². The number of amides is 1. The van der Waals surface area contributed by atoms with Gasteiger partial charge >= 0.3 is 0 Å². The normalized spacial score (nSPS) is 15.2. The first-order valence-corrected chi connectivity index (χ1v) is 8.04. The predicted molar refractivity (Wildman–Crippen MR) is 89.7 cm³/mol. The minimum absolute atomic E-state index is 0.157. The fourth-order valence-corrected chi connectivity index (χ4v) is 2.57. The molecule has 1 aliphatic rings. The van der Waals surface area contributed by atoms with Gasteiger partial charge in [0.15, 0.2) is 5.69 Å². The van der Waals surface area contributed by atoms with E-state index in [2.05, 4.69) is 15.3 Å². The Hall–Kier alpha value is -2.38. The van der Waals surface area contributed by atoms with Crippen molar-refractivity contribution in [3.05, 3.63) is 42.2 Å². The number of morpholine rings is 1. The highest BCUT2D eigenvalue weighted by Crippen LogP contribution is 2.14. The first-order valence-electron chi connectivity index (χ1n) is 8.04. The van der Waals surface area contributed by atoms with Crippen molar-refractivity contribution < 1.29 is 14.3 Å². The van der Waals surface area contributed by atoms with Crippen molar-refractivity contribution in [1.29, 1.82) is 0 Å². The number of carbonyl (C=O) groups is 1. The summed E-state index contributed by atoms with van der Waals surface area (Å²) in [7, 11) is 1.63. The maximum atomic E-state index is 12.2. The smallest absolute Gasteiger partial charge is 0.271 e. The number of hydrogen-bond acceptors (Lipinski definition) is 5. The Morgan fingerprint density at radius 2 is 2.00 bits per heavy atom. The highest BCUT2D eigenvalue weighted by Gasteiger charge is 2.12. The monoisotopic (exact) mass is 330 g/mol. The van der Waals surface area contributed by atoms with Crippen molar-refractivity contribution in [2.24, 2.45) is 0 Å². The largest absolute Gasteiger partial charge is 0.497 e. The molecule has 2 heterocycles. The van der Waals surface area contributed by atoms with Crippen LogP contribution in [0, 0.1) is 0 Å². The summed E-state index contributed by atoms with van der Waals surface area (Å²) in [6.45, 7) is 4.80. The maximum Gasteiger partial charge on any atom is 0.271 e. The summed E-state index contributed by atoms with van der Waals surface area (Å²) < 4.78 is 12.1. The average molecular weight is 330 g/mol. The molecule has 1 aliphatic heterocycles. The molecule has 2 aromatic rings. The molecular weight excluding hydrogens is 308 g/mol. The van der Waals surface area contributed by atoms with Crippen LogP contribution in [0.15, 0.2) is 36.5 Å². The lowest BCUT2D eigenvalue weighted by molar-refractivity contribution is 0.0383. The van der Waals surface area contributed by atoms with Gasteiger partial charge in [-0.3, -0.25) is 9.69 Å². The molecule has 7 nitrogen and oxygen atoms in total. The van der Waals surface area contributed by atoms with Crippen LogP contribution >= 0.6 is 0 Å². The molecule has 3 rings (SSSR count). The third-order valence-corrected chi connectivity index (χ3v) is 3.98. The van der Waals surface area contributed by atoms with Gasteiger partial charge in [-0.05, 0) is 30.3 Å². The van der Waals surface area contributed by atoms with E-state index in [1.807, 2.05) is 24.3 Å². The zero-order valence-electron chi connectivity index (χ0n) is 13.8. The topological polar surface area (TPSA) is 68.6 Å². The number of nitrogens with one attached hydrogen (secondary N) is 1. The van der Waals surface area contributed by atoms with E-state index < -0.39 is 0 Å². The molecule has 0 radical (unpaired) electrons. The van der Waals surface area contributed by atoms with Gasteiger partial charge in [-0.1, -0.05) is 0 Å². The third kappa shape index (κ3) is 4.12. The van der Waals surface area contributed by atoms with Gasteiger partial charge < -0.3 is 14.8 Å². The van der Waals surface area contributed by atoms with Gasteiger partial charge in [-0.15, -0.1) is 0 Å². The average Bonchev–Trinajstić information content (AvgIpc) is 3.13. The van der Waals surface area contributed by atoms with Crippen molar-refractivity contribution in [1.82, 2.24) is 20.0 Å². The van der Waals surface area contributed by atoms with Gasteiger partial charge in [0.1, 0.15) is 5.75 Å². The minimum atomic E-state index is -0.157. The van der Waals surface area contributed by atoms with E-state index in [0.717, 1.165) is 44.3 Å². The van der Waals surface area contributed by atoms with Gasteiger partial charge in [0.25, 0.3) is 5.91 Å². The maximum absolute atomic E-state index is 12.2. The zero-order chi connectivity index (χ0) is 16.8. The quantitative estimate of drug-likeness (QED) is 0.854. The van der Waals surface area contributed by atoms with Crippen molar-refractivity contribution >= 4 is 5.91 Å². The lowest BCUT2D eigenvalue weighted by Gasteiger charge is -2.26. The van der Waals surface area contributed by atoms with Crippen LogP contribution < -0.4 is 10.1 Å². The third-order valence-electron chi connectivity index (χ3n) is 3.98. The standard InChI is InChI=1S/C17H22N4O3/c1-23-15-4-2-14(3-5-15)21-8-6-16(19-21)17(22)18-7-9-20-10-12-24-13-11-20/h2-6,8H,7,9-13H2,1H3,(H,18,22). The van der Waals surface area contributed by atoms with Gasteiger partial charge in [0.2, 0.25) is 0 Å². The van der Waals surface area contributed by atoms with E-state index in [0.29, 0.717) is 12.2 Å². The number of nitrogens with zero attached hydrogens (tertiary/aromatic N) is 3. The highest BCUT2D eigenvalue weighted by molar-refractivity contribution is 5.92. The second-order valence-electron chi connectivity index (χ2n) is 5.55. The molecule has 0 aliphatic carbocycles. The Kier molecular flexibility index (Phi) is 5.45. The molecular formula is C17H22N4O3. The lowest BCUT2D eigenvalue weighted by Crippen LogP contribution is -2.41. The van der Waals surface area contributed by atoms with Crippen molar-refractivity contribution in [3.8, 4) is 11.4 Å². The van der Waals surface area contributed by atoms with Crippen molar-refractivity contribution in [2.45, 2.75) is 0 Å². The van der Waals surface area contributed by atoms with E-state index >= 15 is 0 Å². The van der Waals surface area contributed by atoms with Crippen LogP contribution in [0.1, 0.15) is 10.5 Å². The molecule has 1 N–H and O–H groups in total. The molecule has 1 saturated heterocycles. The number of aromatic nitrogens is 2. The summed E-state index contributed by atoms with van der Waals surface area (Å²) in [5, 5.41) is 7.24. The summed E-state index contributed by atoms with van der Waals surface area (Å²) in [6.07, 6.45) is 1.78. The predicted octanol–water partition coefficient (Wildman–Crippen LogP) is 0.943. The van der Waals surface area contributed by atoms with Crippen LogP contribution in [-0.2, 0) is 4.74 Å². The van der Waals surface area contributed by atoms with Crippen LogP contribution in [0.4, 0.5) is 0 Å². The number of hydrogen-bond donors (Lipinski definition) is 1. The number of carbonyl (C=O) groups excluding carboxylic acids is 1. The van der Waals surface area contributed by atoms with Crippen LogP contribution in [0.3, 0.4) is 0 Å². The lowest BCUT2D eigenvalue weighted by atomic mass is 10.3. The molecule has 1 aromatic carbocycles. The Morgan fingerprint density at radius 1 is 1.25 bits per heavy atom. The van der Waals surface area contributed by atoms with Gasteiger partial charge in [0.05, 0.1) is 26.0 Å². The zero-order valence-corrected chi connectivity index (χ0v) is 13.8. The number of methoxy groups -OCH3 is 1. The van der Waals surface area contributed by atoms with Crippen molar-refractivity contribution in [3.63, 3.8) is 0 Å². The Balaban J connectivity index is 1.53. The summed E-state index contributed by atoms with van der Waals surface area (Å²) in [5.74, 6) is 0.627. The first-order chi connectivity index (χ1) is 11.8. The molecule has 1 amide bonds. The molecule has 1 fully saturated rings. The second-order valence-corrected chi connectivity index (χ2v) is 5.55. The molecule has 0 unspecified atom stereocenters. The Bertz CT molecular complexity index is 663. The Morgan fingerprint density at radius 3 is 2.71 bits per heavy atom. The highest BCUT2D eigenvalue weighted by atomic mass is 16.5. The molecule has 0 bridgehead atoms. The van der Waals surface area contributed by atoms with Crippen LogP contribution in [0.5, 0.6) is 5.75 Å². The number of ether oxygens (including phenoxy) is 2. The van der Waals surface area contributed by atoms with E-state index in [-0.39, 0.29) is 5.91 Å². The molecule has 0 atom stereocenters. The van der Waals surface area contributed by atoms with Crippen LogP contribution in [0.2, 0.25) is 0 Å². The van der Waals surface area contributed by atoms with E-state index in [9.17, 15) is 4.79 Å². The molecule has 7 heteroatoms. The van der Waals surface area contributed by atoms with E-state index in [1.54, 1.807) is 24.1 Å². The number of benzene rings is 1. The summed E-state index contributed by atoms with van der Waals surface area (Å²) >= 11 is 0. The summed E-state index contributed by atoms with van der Waals surface area (Å²) in [5.41, 5.74) is 1.29. The molecule has 0 saturated carbocycles. The summed E-state index contributed by atoms with van der Waals surface area (Å²) in [6, 6.07) is 9.23. The molecule has 1 aromatic heterocycles. The molecule has 24 heavy (non-hydrogen) atoms. The Labute approximate surface area is 141 Å². The van der Waals surface area contributed by atoms with E-state index in [4.69, 9.17) is 9.47 Å². The van der Waals surface area contributed by atoms with E-state index in [1.165, 1.54) is 0 Å². The molecule has 0 spiro atoms. The SMILES string of the molecule is COc1ccc(-n2ccc(C(=O)NCCN3CCOCC3)n2)cc1. The van der Waals surface area contributed by atoms with Gasteiger partial charge in [-0.2, -0.15) is 5.10 Å². The molecule has 128 valence electrons. The minimum Gasteiger partial charge on any atom is -0.497 e. The van der Waals surface area contributed by atoms with Crippen molar-refractivity contribution in [2.75, 3.05) is 46.5 Å². The van der Waals surface area contributed by atoms with Gasteiger partial charge in [-0.25, -0.2) is 4.68 Å².